The van der Waals surface area contributed by atoms with Gasteiger partial charge in [0.25, 0.3) is 0 Å². The average molecular weight is 325 g/mol. The smallest absolute Gasteiger partial charge is 0.191 e. The van der Waals surface area contributed by atoms with Crippen LogP contribution in [-0.4, -0.2) is 16.2 Å². The van der Waals surface area contributed by atoms with E-state index in [0.717, 1.165) is 10.2 Å². The maximum atomic E-state index is 5.73. The molecule has 1 heterocycles. The summed E-state index contributed by atoms with van der Waals surface area (Å²) >= 11 is 4.98. The first-order valence-corrected chi connectivity index (χ1v) is 7.32. The minimum absolute atomic E-state index is 0.458. The molecule has 2 rings (SSSR count). The van der Waals surface area contributed by atoms with Crippen molar-refractivity contribution in [2.45, 2.75) is 12.1 Å². The van der Waals surface area contributed by atoms with Gasteiger partial charge in [-0.1, -0.05) is 17.8 Å². The van der Waals surface area contributed by atoms with Crippen LogP contribution in [0, 0.1) is 6.92 Å². The highest BCUT2D eigenvalue weighted by Gasteiger charge is 2.04. The lowest BCUT2D eigenvalue weighted by atomic mass is 10.2. The molecule has 0 spiro atoms. The number of nitrogens with zero attached hydrogens (tertiary/aromatic N) is 2. The Morgan fingerprint density at radius 3 is 2.72 bits per heavy atom. The molecule has 0 saturated carbocycles. The fourth-order valence-corrected chi connectivity index (χ4v) is 2.44. The van der Waals surface area contributed by atoms with Gasteiger partial charge in [0.15, 0.2) is 5.16 Å². The van der Waals surface area contributed by atoms with Crippen molar-refractivity contribution in [3.05, 3.63) is 34.3 Å². The summed E-state index contributed by atoms with van der Waals surface area (Å²) in [6.07, 6.45) is 1.92. The Hall–Kier alpha value is -1.27. The number of anilines is 3. The minimum Gasteiger partial charge on any atom is -0.383 e. The SMILES string of the molecule is CSc1nc(N)cc(Nc2ccc(C)cc2Br)n1. The molecule has 0 amide bonds. The average Bonchev–Trinajstić information content (AvgIpc) is 2.32. The monoisotopic (exact) mass is 324 g/mol. The topological polar surface area (TPSA) is 63.8 Å². The Balaban J connectivity index is 2.30. The molecule has 6 heteroatoms. The van der Waals surface area contributed by atoms with E-state index < -0.39 is 0 Å². The summed E-state index contributed by atoms with van der Waals surface area (Å²) in [4.78, 5) is 8.46. The van der Waals surface area contributed by atoms with E-state index >= 15 is 0 Å². The summed E-state index contributed by atoms with van der Waals surface area (Å²) in [7, 11) is 0. The van der Waals surface area contributed by atoms with Crippen LogP contribution in [0.5, 0.6) is 0 Å². The minimum atomic E-state index is 0.458. The number of nitrogens with one attached hydrogen (secondary N) is 1. The molecule has 4 nitrogen and oxygen atoms in total. The zero-order valence-electron chi connectivity index (χ0n) is 10.1. The number of benzene rings is 1. The van der Waals surface area contributed by atoms with Gasteiger partial charge < -0.3 is 11.1 Å². The summed E-state index contributed by atoms with van der Waals surface area (Å²) in [6, 6.07) is 7.79. The zero-order chi connectivity index (χ0) is 13.1. The highest BCUT2D eigenvalue weighted by molar-refractivity contribution is 9.10. The van der Waals surface area contributed by atoms with Crippen molar-refractivity contribution in [2.24, 2.45) is 0 Å². The van der Waals surface area contributed by atoms with Crippen molar-refractivity contribution in [1.82, 2.24) is 9.97 Å². The maximum Gasteiger partial charge on any atom is 0.191 e. The number of halogens is 1. The molecule has 0 saturated heterocycles. The predicted molar refractivity (Wildman–Crippen MR) is 80.4 cm³/mol. The third-order valence-electron chi connectivity index (χ3n) is 2.30. The van der Waals surface area contributed by atoms with Crippen LogP contribution in [0.15, 0.2) is 33.9 Å². The first-order chi connectivity index (χ1) is 8.58. The van der Waals surface area contributed by atoms with E-state index in [1.54, 1.807) is 6.07 Å². The van der Waals surface area contributed by atoms with E-state index in [9.17, 15) is 0 Å². The first-order valence-electron chi connectivity index (χ1n) is 5.30. The largest absolute Gasteiger partial charge is 0.383 e. The lowest BCUT2D eigenvalue weighted by molar-refractivity contribution is 0.984. The number of aryl methyl sites for hydroxylation is 1. The molecule has 0 unspecified atom stereocenters. The normalized spacial score (nSPS) is 10.4. The molecule has 0 aliphatic carbocycles. The summed E-state index contributed by atoms with van der Waals surface area (Å²) in [5.74, 6) is 1.15. The Morgan fingerprint density at radius 1 is 1.28 bits per heavy atom. The summed E-state index contributed by atoms with van der Waals surface area (Å²) in [5.41, 5.74) is 7.88. The molecule has 0 aliphatic heterocycles. The number of nitrogens with two attached hydrogens (primary N) is 1. The van der Waals surface area contributed by atoms with Gasteiger partial charge in [0.05, 0.1) is 5.69 Å². The van der Waals surface area contributed by atoms with E-state index in [0.29, 0.717) is 16.8 Å². The molecule has 0 radical (unpaired) electrons. The fraction of sp³-hybridized carbons (Fsp3) is 0.167. The molecular weight excluding hydrogens is 312 g/mol. The van der Waals surface area contributed by atoms with Gasteiger partial charge in [0.1, 0.15) is 11.6 Å². The predicted octanol–water partition coefficient (Wildman–Crippen LogP) is 3.60. The van der Waals surface area contributed by atoms with Crippen molar-refractivity contribution in [3.63, 3.8) is 0 Å². The standard InChI is InChI=1S/C12H13BrN4S/c1-7-3-4-9(8(13)5-7)15-11-6-10(14)16-12(17-11)18-2/h3-6H,1-2H3,(H3,14,15,16,17). The van der Waals surface area contributed by atoms with Gasteiger partial charge in [-0.05, 0) is 46.8 Å². The number of hydrogen-bond acceptors (Lipinski definition) is 5. The van der Waals surface area contributed by atoms with Crippen LogP contribution in [0.25, 0.3) is 0 Å². The van der Waals surface area contributed by atoms with Crippen LogP contribution >= 0.6 is 27.7 Å². The van der Waals surface area contributed by atoms with Crippen molar-refractivity contribution in [1.29, 1.82) is 0 Å². The van der Waals surface area contributed by atoms with Crippen LogP contribution in [0.1, 0.15) is 5.56 Å². The summed E-state index contributed by atoms with van der Waals surface area (Å²) in [6.45, 7) is 2.04. The number of hydrogen-bond donors (Lipinski definition) is 2. The second kappa shape index (κ2) is 5.58. The molecule has 2 aromatic rings. The Morgan fingerprint density at radius 2 is 2.06 bits per heavy atom. The number of rotatable bonds is 3. The summed E-state index contributed by atoms with van der Waals surface area (Å²) in [5, 5.41) is 3.88. The molecule has 94 valence electrons. The van der Waals surface area contributed by atoms with Gasteiger partial charge in [0.2, 0.25) is 0 Å². The lowest BCUT2D eigenvalue weighted by Crippen LogP contribution is -2.00. The van der Waals surface area contributed by atoms with Crippen molar-refractivity contribution in [2.75, 3.05) is 17.3 Å². The Kier molecular flexibility index (Phi) is 4.08. The van der Waals surface area contributed by atoms with E-state index in [4.69, 9.17) is 5.73 Å². The van der Waals surface area contributed by atoms with Crippen molar-refractivity contribution < 1.29 is 0 Å². The Bertz CT molecular complexity index is 574. The van der Waals surface area contributed by atoms with Crippen LogP contribution in [-0.2, 0) is 0 Å². The van der Waals surface area contributed by atoms with Gasteiger partial charge in [-0.25, -0.2) is 9.97 Å². The molecule has 0 fully saturated rings. The highest BCUT2D eigenvalue weighted by Crippen LogP contribution is 2.27. The van der Waals surface area contributed by atoms with Crippen molar-refractivity contribution >= 4 is 45.0 Å². The van der Waals surface area contributed by atoms with Gasteiger partial charge >= 0.3 is 0 Å². The van der Waals surface area contributed by atoms with Gasteiger partial charge in [-0.3, -0.25) is 0 Å². The third kappa shape index (κ3) is 3.14. The molecule has 18 heavy (non-hydrogen) atoms. The lowest BCUT2D eigenvalue weighted by Gasteiger charge is -2.09. The second-order valence-corrected chi connectivity index (χ2v) is 5.40. The molecule has 3 N–H and O–H groups in total. The first kappa shape index (κ1) is 13.2. The molecule has 0 bridgehead atoms. The molecular formula is C12H13BrN4S. The van der Waals surface area contributed by atoms with E-state index in [1.807, 2.05) is 31.4 Å². The zero-order valence-corrected chi connectivity index (χ0v) is 12.5. The molecule has 1 aromatic carbocycles. The van der Waals surface area contributed by atoms with Crippen LogP contribution in [0.2, 0.25) is 0 Å². The molecule has 1 aromatic heterocycles. The summed E-state index contributed by atoms with van der Waals surface area (Å²) < 4.78 is 0.991. The fourth-order valence-electron chi connectivity index (χ4n) is 1.46. The van der Waals surface area contributed by atoms with Gasteiger partial charge in [-0.15, -0.1) is 0 Å². The second-order valence-electron chi connectivity index (χ2n) is 3.77. The van der Waals surface area contributed by atoms with Crippen LogP contribution < -0.4 is 11.1 Å². The van der Waals surface area contributed by atoms with Crippen molar-refractivity contribution in [3.8, 4) is 0 Å². The van der Waals surface area contributed by atoms with Gasteiger partial charge in [0, 0.05) is 10.5 Å². The van der Waals surface area contributed by atoms with E-state index in [2.05, 4.69) is 31.2 Å². The quantitative estimate of drug-likeness (QED) is 0.667. The highest BCUT2D eigenvalue weighted by atomic mass is 79.9. The number of nitrogen functional groups attached to an aromatic ring is 1. The number of aromatic nitrogens is 2. The molecule has 0 atom stereocenters. The molecule has 0 aliphatic rings. The van der Waals surface area contributed by atoms with Crippen LogP contribution in [0.3, 0.4) is 0 Å². The van der Waals surface area contributed by atoms with E-state index in [1.165, 1.54) is 17.3 Å². The maximum absolute atomic E-state index is 5.73. The van der Waals surface area contributed by atoms with E-state index in [-0.39, 0.29) is 0 Å². The number of thioether (sulfide) groups is 1. The third-order valence-corrected chi connectivity index (χ3v) is 3.50. The van der Waals surface area contributed by atoms with Crippen LogP contribution in [0.4, 0.5) is 17.3 Å². The Labute approximate surface area is 119 Å². The van der Waals surface area contributed by atoms with Gasteiger partial charge in [-0.2, -0.15) is 0 Å².